The number of ether oxygens (including phenoxy) is 2. The summed E-state index contributed by atoms with van der Waals surface area (Å²) < 4.78 is 37.1. The van der Waals surface area contributed by atoms with Gasteiger partial charge in [0.05, 0.1) is 28.7 Å². The monoisotopic (exact) mass is 452 g/mol. The van der Waals surface area contributed by atoms with E-state index in [9.17, 15) is 18.0 Å². The zero-order valence-corrected chi connectivity index (χ0v) is 17.9. The number of hydrogen-bond acceptors (Lipinski definition) is 6. The second-order valence-corrected chi connectivity index (χ2v) is 8.87. The van der Waals surface area contributed by atoms with E-state index in [1.807, 2.05) is 6.07 Å². The predicted octanol–water partition coefficient (Wildman–Crippen LogP) is 2.18. The smallest absolute Gasteiger partial charge is 0.340 e. The SMILES string of the molecule is CN(C(=O)COC(=O)c1cc(S(=O)(=O)N2CCOCC2)ccc1Cl)c1ccccc1. The van der Waals surface area contributed by atoms with Crippen molar-refractivity contribution >= 4 is 39.2 Å². The van der Waals surface area contributed by atoms with Gasteiger partial charge in [-0.25, -0.2) is 13.2 Å². The van der Waals surface area contributed by atoms with E-state index in [-0.39, 0.29) is 28.6 Å². The minimum Gasteiger partial charge on any atom is -0.452 e. The van der Waals surface area contributed by atoms with E-state index in [1.165, 1.54) is 27.4 Å². The second kappa shape index (κ2) is 9.57. The molecule has 3 rings (SSSR count). The molecule has 2 aromatic carbocycles. The van der Waals surface area contributed by atoms with Crippen LogP contribution in [0.3, 0.4) is 0 Å². The Labute approximate surface area is 180 Å². The van der Waals surface area contributed by atoms with Crippen molar-refractivity contribution in [3.8, 4) is 0 Å². The van der Waals surface area contributed by atoms with Crippen LogP contribution in [0.15, 0.2) is 53.4 Å². The molecule has 0 aromatic heterocycles. The van der Waals surface area contributed by atoms with Gasteiger partial charge in [0.1, 0.15) is 0 Å². The fourth-order valence-electron chi connectivity index (χ4n) is 2.85. The zero-order chi connectivity index (χ0) is 21.7. The summed E-state index contributed by atoms with van der Waals surface area (Å²) in [6.07, 6.45) is 0. The van der Waals surface area contributed by atoms with Crippen LogP contribution in [0, 0.1) is 0 Å². The van der Waals surface area contributed by atoms with Crippen molar-refractivity contribution < 1.29 is 27.5 Å². The fourth-order valence-corrected chi connectivity index (χ4v) is 4.48. The maximum absolute atomic E-state index is 12.8. The molecule has 1 heterocycles. The Kier molecular flexibility index (Phi) is 7.09. The number of morpholine rings is 1. The molecule has 8 nitrogen and oxygen atoms in total. The number of halogens is 1. The summed E-state index contributed by atoms with van der Waals surface area (Å²) in [6.45, 7) is 0.550. The summed E-state index contributed by atoms with van der Waals surface area (Å²) in [7, 11) is -2.24. The van der Waals surface area contributed by atoms with Gasteiger partial charge in [0.15, 0.2) is 6.61 Å². The van der Waals surface area contributed by atoms with Gasteiger partial charge in [-0.1, -0.05) is 29.8 Å². The van der Waals surface area contributed by atoms with Crippen LogP contribution in [0.1, 0.15) is 10.4 Å². The summed E-state index contributed by atoms with van der Waals surface area (Å²) in [5.41, 5.74) is 0.524. The molecule has 1 aliphatic rings. The summed E-state index contributed by atoms with van der Waals surface area (Å²) in [5, 5.41) is 0.0322. The number of rotatable bonds is 6. The number of hydrogen-bond donors (Lipinski definition) is 0. The van der Waals surface area contributed by atoms with Crippen LogP contribution in [0.25, 0.3) is 0 Å². The Morgan fingerprint density at radius 2 is 1.80 bits per heavy atom. The van der Waals surface area contributed by atoms with Crippen molar-refractivity contribution in [3.05, 3.63) is 59.1 Å². The minimum atomic E-state index is -3.80. The Morgan fingerprint density at radius 1 is 1.13 bits per heavy atom. The highest BCUT2D eigenvalue weighted by molar-refractivity contribution is 7.89. The van der Waals surface area contributed by atoms with Gasteiger partial charge in [-0.05, 0) is 30.3 Å². The number of amides is 1. The molecule has 0 bridgehead atoms. The lowest BCUT2D eigenvalue weighted by atomic mass is 10.2. The Balaban J connectivity index is 1.71. The van der Waals surface area contributed by atoms with Crippen molar-refractivity contribution in [1.29, 1.82) is 0 Å². The second-order valence-electron chi connectivity index (χ2n) is 6.52. The number of sulfonamides is 1. The molecule has 0 radical (unpaired) electrons. The van der Waals surface area contributed by atoms with E-state index in [0.29, 0.717) is 18.9 Å². The molecule has 10 heteroatoms. The Morgan fingerprint density at radius 3 is 2.47 bits per heavy atom. The van der Waals surface area contributed by atoms with Crippen LogP contribution in [0.5, 0.6) is 0 Å². The highest BCUT2D eigenvalue weighted by atomic mass is 35.5. The van der Waals surface area contributed by atoms with Gasteiger partial charge in [-0.2, -0.15) is 4.31 Å². The lowest BCUT2D eigenvalue weighted by molar-refractivity contribution is -0.121. The molecular weight excluding hydrogens is 432 g/mol. The van der Waals surface area contributed by atoms with Crippen molar-refractivity contribution in [3.63, 3.8) is 0 Å². The Bertz CT molecular complexity index is 1020. The summed E-state index contributed by atoms with van der Waals surface area (Å²) in [5.74, 6) is -1.32. The molecule has 0 saturated carbocycles. The molecule has 1 amide bonds. The van der Waals surface area contributed by atoms with E-state index in [2.05, 4.69) is 0 Å². The third kappa shape index (κ3) is 4.99. The van der Waals surface area contributed by atoms with Gasteiger partial charge in [0, 0.05) is 25.8 Å². The largest absolute Gasteiger partial charge is 0.452 e. The maximum Gasteiger partial charge on any atom is 0.340 e. The van der Waals surface area contributed by atoms with Crippen LogP contribution in [-0.2, 0) is 24.3 Å². The van der Waals surface area contributed by atoms with Gasteiger partial charge in [-0.15, -0.1) is 0 Å². The maximum atomic E-state index is 12.8. The predicted molar refractivity (Wildman–Crippen MR) is 111 cm³/mol. The van der Waals surface area contributed by atoms with Gasteiger partial charge in [-0.3, -0.25) is 4.79 Å². The van der Waals surface area contributed by atoms with E-state index in [0.717, 1.165) is 0 Å². The minimum absolute atomic E-state index is 0.0322. The first-order chi connectivity index (χ1) is 14.3. The van der Waals surface area contributed by atoms with Crippen LogP contribution in [0.4, 0.5) is 5.69 Å². The van der Waals surface area contributed by atoms with E-state index < -0.39 is 28.5 Å². The fraction of sp³-hybridized carbons (Fsp3) is 0.300. The third-order valence-corrected chi connectivity index (χ3v) is 6.83. The Hall–Kier alpha value is -2.46. The summed E-state index contributed by atoms with van der Waals surface area (Å²) in [4.78, 5) is 26.1. The van der Waals surface area contributed by atoms with Gasteiger partial charge in [0.2, 0.25) is 10.0 Å². The van der Waals surface area contributed by atoms with Gasteiger partial charge in [0.25, 0.3) is 5.91 Å². The van der Waals surface area contributed by atoms with E-state index in [4.69, 9.17) is 21.1 Å². The number of likely N-dealkylation sites (N-methyl/N-ethyl adjacent to an activating group) is 1. The van der Waals surface area contributed by atoms with Crippen molar-refractivity contribution in [1.82, 2.24) is 4.31 Å². The first-order valence-electron chi connectivity index (χ1n) is 9.17. The number of esters is 1. The topological polar surface area (TPSA) is 93.2 Å². The number of nitrogens with zero attached hydrogens (tertiary/aromatic N) is 2. The number of benzene rings is 2. The summed E-state index contributed by atoms with van der Waals surface area (Å²) in [6, 6.07) is 12.7. The molecule has 0 N–H and O–H groups in total. The normalized spacial score (nSPS) is 14.9. The number of para-hydroxylation sites is 1. The van der Waals surface area contributed by atoms with Crippen LogP contribution in [-0.4, -0.2) is 64.6 Å². The van der Waals surface area contributed by atoms with Crippen molar-refractivity contribution in [2.24, 2.45) is 0 Å². The molecule has 160 valence electrons. The lowest BCUT2D eigenvalue weighted by Gasteiger charge is -2.26. The quantitative estimate of drug-likeness (QED) is 0.624. The van der Waals surface area contributed by atoms with Crippen molar-refractivity contribution in [2.75, 3.05) is 44.9 Å². The molecule has 0 unspecified atom stereocenters. The average molecular weight is 453 g/mol. The molecule has 2 aromatic rings. The van der Waals surface area contributed by atoms with Gasteiger partial charge < -0.3 is 14.4 Å². The molecule has 1 fully saturated rings. The third-order valence-electron chi connectivity index (χ3n) is 4.61. The molecule has 0 aliphatic carbocycles. The van der Waals surface area contributed by atoms with Crippen LogP contribution >= 0.6 is 11.6 Å². The highest BCUT2D eigenvalue weighted by Crippen LogP contribution is 2.24. The first-order valence-corrected chi connectivity index (χ1v) is 11.0. The van der Waals surface area contributed by atoms with Crippen molar-refractivity contribution in [2.45, 2.75) is 4.90 Å². The van der Waals surface area contributed by atoms with E-state index >= 15 is 0 Å². The van der Waals surface area contributed by atoms with Crippen LogP contribution < -0.4 is 4.90 Å². The number of anilines is 1. The lowest BCUT2D eigenvalue weighted by Crippen LogP contribution is -2.40. The van der Waals surface area contributed by atoms with E-state index in [1.54, 1.807) is 31.3 Å². The average Bonchev–Trinajstić information content (AvgIpc) is 2.78. The number of carbonyl (C=O) groups is 2. The molecule has 1 aliphatic heterocycles. The molecule has 30 heavy (non-hydrogen) atoms. The molecule has 0 atom stereocenters. The molecule has 0 spiro atoms. The molecule has 1 saturated heterocycles. The molecular formula is C20H21ClN2O6S. The first kappa shape index (κ1) is 22.2. The zero-order valence-electron chi connectivity index (χ0n) is 16.3. The number of carbonyl (C=O) groups excluding carboxylic acids is 2. The van der Waals surface area contributed by atoms with Gasteiger partial charge >= 0.3 is 5.97 Å². The van der Waals surface area contributed by atoms with Crippen LogP contribution in [0.2, 0.25) is 5.02 Å². The highest BCUT2D eigenvalue weighted by Gasteiger charge is 2.28. The standard InChI is InChI=1S/C20H21ClN2O6S/c1-22(15-5-3-2-4-6-15)19(24)14-29-20(25)17-13-16(7-8-18(17)21)30(26,27)23-9-11-28-12-10-23/h2-8,13H,9-12,14H2,1H3. The summed E-state index contributed by atoms with van der Waals surface area (Å²) >= 11 is 6.08.